The number of nitrogens with zero attached hydrogens (tertiary/aromatic N) is 3. The zero-order chi connectivity index (χ0) is 16.3. The van der Waals surface area contributed by atoms with Crippen LogP contribution in [0.2, 0.25) is 0 Å². The fraction of sp³-hybridized carbons (Fsp3) is 0.571. The molecule has 22 heavy (non-hydrogen) atoms. The Hall–Kier alpha value is -2.38. The molecular weight excluding hydrogens is 290 g/mol. The van der Waals surface area contributed by atoms with Gasteiger partial charge in [-0.05, 0) is 26.8 Å². The Balaban J connectivity index is 2.06. The lowest BCUT2D eigenvalue weighted by Crippen LogP contribution is -2.43. The van der Waals surface area contributed by atoms with E-state index in [9.17, 15) is 14.7 Å². The quantitative estimate of drug-likeness (QED) is 0.898. The Morgan fingerprint density at radius 2 is 1.95 bits per heavy atom. The molecule has 0 saturated carbocycles. The number of carboxylic acids is 1. The van der Waals surface area contributed by atoms with E-state index < -0.39 is 29.8 Å². The monoisotopic (exact) mass is 309 g/mol. The Bertz CT molecular complexity index is 543. The molecular formula is C14H19N3O5. The van der Waals surface area contributed by atoms with Crippen LogP contribution in [0.25, 0.3) is 0 Å². The van der Waals surface area contributed by atoms with Crippen LogP contribution in [0.15, 0.2) is 18.5 Å². The van der Waals surface area contributed by atoms with Gasteiger partial charge in [0.1, 0.15) is 17.7 Å². The third-order valence-electron chi connectivity index (χ3n) is 2.99. The zero-order valence-corrected chi connectivity index (χ0v) is 12.7. The molecule has 0 bridgehead atoms. The second-order valence-electron chi connectivity index (χ2n) is 5.99. The van der Waals surface area contributed by atoms with Crippen molar-refractivity contribution in [3.63, 3.8) is 0 Å². The van der Waals surface area contributed by atoms with E-state index in [1.54, 1.807) is 26.8 Å². The summed E-state index contributed by atoms with van der Waals surface area (Å²) in [4.78, 5) is 32.5. The van der Waals surface area contributed by atoms with Crippen LogP contribution in [0.3, 0.4) is 0 Å². The first kappa shape index (κ1) is 16.0. The number of aliphatic carboxylic acids is 1. The van der Waals surface area contributed by atoms with E-state index in [2.05, 4.69) is 9.97 Å². The largest absolute Gasteiger partial charge is 0.480 e. The molecule has 0 radical (unpaired) electrons. The number of amides is 1. The van der Waals surface area contributed by atoms with Crippen molar-refractivity contribution in [3.8, 4) is 6.01 Å². The molecule has 1 aliphatic heterocycles. The van der Waals surface area contributed by atoms with E-state index in [1.807, 2.05) is 0 Å². The third kappa shape index (κ3) is 4.06. The number of rotatable bonds is 3. The summed E-state index contributed by atoms with van der Waals surface area (Å²) < 4.78 is 10.8. The van der Waals surface area contributed by atoms with E-state index in [1.165, 1.54) is 17.3 Å². The lowest BCUT2D eigenvalue weighted by Gasteiger charge is -2.26. The number of hydrogen-bond acceptors (Lipinski definition) is 6. The molecule has 1 aliphatic rings. The van der Waals surface area contributed by atoms with Crippen molar-refractivity contribution >= 4 is 12.1 Å². The Kier molecular flexibility index (Phi) is 4.48. The van der Waals surface area contributed by atoms with Crippen LogP contribution in [0.1, 0.15) is 27.2 Å². The van der Waals surface area contributed by atoms with Crippen LogP contribution < -0.4 is 4.74 Å². The van der Waals surface area contributed by atoms with Gasteiger partial charge in [-0.25, -0.2) is 19.6 Å². The highest BCUT2D eigenvalue weighted by Crippen LogP contribution is 2.24. The van der Waals surface area contributed by atoms with Crippen molar-refractivity contribution in [3.05, 3.63) is 18.5 Å². The summed E-state index contributed by atoms with van der Waals surface area (Å²) in [6.45, 7) is 5.29. The van der Waals surface area contributed by atoms with Gasteiger partial charge in [-0.2, -0.15) is 0 Å². The van der Waals surface area contributed by atoms with E-state index in [0.717, 1.165) is 0 Å². The maximum absolute atomic E-state index is 12.1. The first-order chi connectivity index (χ1) is 10.3. The van der Waals surface area contributed by atoms with Crippen molar-refractivity contribution < 1.29 is 24.2 Å². The molecule has 2 heterocycles. The SMILES string of the molecule is CC(C)(C)OC(=O)N1C[C@@H](Oc2ncccn2)C[C@H]1C(=O)O. The minimum absolute atomic E-state index is 0.115. The van der Waals surface area contributed by atoms with E-state index >= 15 is 0 Å². The van der Waals surface area contributed by atoms with Gasteiger partial charge in [-0.15, -0.1) is 0 Å². The highest BCUT2D eigenvalue weighted by atomic mass is 16.6. The molecule has 120 valence electrons. The van der Waals surface area contributed by atoms with Crippen LogP contribution in [-0.4, -0.2) is 56.3 Å². The molecule has 1 fully saturated rings. The standard InChI is InChI=1S/C14H19N3O5/c1-14(2,3)22-13(20)17-8-9(7-10(17)11(18)19)21-12-15-5-4-6-16-12/h4-6,9-10H,7-8H2,1-3H3,(H,18,19)/t9-,10-/m0/s1. The maximum atomic E-state index is 12.1. The minimum atomic E-state index is -1.09. The first-order valence-corrected chi connectivity index (χ1v) is 6.92. The van der Waals surface area contributed by atoms with Crippen molar-refractivity contribution in [2.75, 3.05) is 6.54 Å². The summed E-state index contributed by atoms with van der Waals surface area (Å²) in [6.07, 6.45) is 2.05. The van der Waals surface area contributed by atoms with Gasteiger partial charge in [0.25, 0.3) is 0 Å². The van der Waals surface area contributed by atoms with Crippen molar-refractivity contribution in [2.45, 2.75) is 44.9 Å². The van der Waals surface area contributed by atoms with Crippen LogP contribution in [-0.2, 0) is 9.53 Å². The molecule has 1 aromatic heterocycles. The van der Waals surface area contributed by atoms with Crippen LogP contribution in [0.5, 0.6) is 6.01 Å². The summed E-state index contributed by atoms with van der Waals surface area (Å²) in [5.74, 6) is -1.09. The minimum Gasteiger partial charge on any atom is -0.480 e. The average molecular weight is 309 g/mol. The molecule has 1 N–H and O–H groups in total. The summed E-state index contributed by atoms with van der Waals surface area (Å²) in [7, 11) is 0. The van der Waals surface area contributed by atoms with Crippen molar-refractivity contribution in [1.82, 2.24) is 14.9 Å². The highest BCUT2D eigenvalue weighted by molar-refractivity contribution is 5.81. The Labute approximate surface area is 128 Å². The van der Waals surface area contributed by atoms with E-state index in [4.69, 9.17) is 9.47 Å². The van der Waals surface area contributed by atoms with E-state index in [-0.39, 0.29) is 19.0 Å². The number of hydrogen-bond donors (Lipinski definition) is 1. The molecule has 0 aromatic carbocycles. The molecule has 0 spiro atoms. The predicted molar refractivity (Wildman–Crippen MR) is 75.4 cm³/mol. The second kappa shape index (κ2) is 6.17. The number of ether oxygens (including phenoxy) is 2. The molecule has 2 rings (SSSR count). The first-order valence-electron chi connectivity index (χ1n) is 6.92. The predicted octanol–water partition coefficient (Wildman–Crippen LogP) is 1.32. The van der Waals surface area contributed by atoms with Gasteiger partial charge in [0.2, 0.25) is 0 Å². The molecule has 8 heteroatoms. The normalized spacial score (nSPS) is 21.5. The molecule has 1 aromatic rings. The van der Waals surface area contributed by atoms with Crippen LogP contribution >= 0.6 is 0 Å². The van der Waals surface area contributed by atoms with Gasteiger partial charge in [-0.1, -0.05) is 0 Å². The van der Waals surface area contributed by atoms with E-state index in [0.29, 0.717) is 0 Å². The van der Waals surface area contributed by atoms with Crippen LogP contribution in [0, 0.1) is 0 Å². The lowest BCUT2D eigenvalue weighted by molar-refractivity contribution is -0.142. The summed E-state index contributed by atoms with van der Waals surface area (Å²) in [6, 6.07) is 0.820. The number of likely N-dealkylation sites (tertiary alicyclic amines) is 1. The Morgan fingerprint density at radius 3 is 2.50 bits per heavy atom. The summed E-state index contributed by atoms with van der Waals surface area (Å²) >= 11 is 0. The van der Waals surface area contributed by atoms with Gasteiger partial charge in [-0.3, -0.25) is 4.90 Å². The topological polar surface area (TPSA) is 102 Å². The highest BCUT2D eigenvalue weighted by Gasteiger charge is 2.42. The molecule has 8 nitrogen and oxygen atoms in total. The Morgan fingerprint density at radius 1 is 1.32 bits per heavy atom. The zero-order valence-electron chi connectivity index (χ0n) is 12.7. The number of carbonyl (C=O) groups is 2. The fourth-order valence-corrected chi connectivity index (χ4v) is 2.13. The number of carbonyl (C=O) groups excluding carboxylic acids is 1. The lowest BCUT2D eigenvalue weighted by atomic mass is 10.2. The van der Waals surface area contributed by atoms with Gasteiger partial charge in [0.05, 0.1) is 6.54 Å². The van der Waals surface area contributed by atoms with Crippen molar-refractivity contribution in [1.29, 1.82) is 0 Å². The number of aromatic nitrogens is 2. The molecule has 1 amide bonds. The molecule has 0 unspecified atom stereocenters. The smallest absolute Gasteiger partial charge is 0.411 e. The summed E-state index contributed by atoms with van der Waals surface area (Å²) in [5, 5.41) is 9.28. The second-order valence-corrected chi connectivity index (χ2v) is 5.99. The van der Waals surface area contributed by atoms with Gasteiger partial charge in [0.15, 0.2) is 0 Å². The summed E-state index contributed by atoms with van der Waals surface area (Å²) in [5.41, 5.74) is -0.693. The maximum Gasteiger partial charge on any atom is 0.411 e. The average Bonchev–Trinajstić information content (AvgIpc) is 2.82. The third-order valence-corrected chi connectivity index (χ3v) is 2.99. The molecule has 2 atom stereocenters. The number of carboxylic acid groups (broad SMARTS) is 1. The van der Waals surface area contributed by atoms with Gasteiger partial charge < -0.3 is 14.6 Å². The van der Waals surface area contributed by atoms with Gasteiger partial charge in [0, 0.05) is 18.8 Å². The van der Waals surface area contributed by atoms with Gasteiger partial charge >= 0.3 is 18.1 Å². The van der Waals surface area contributed by atoms with Crippen molar-refractivity contribution in [2.24, 2.45) is 0 Å². The molecule has 0 aliphatic carbocycles. The fourth-order valence-electron chi connectivity index (χ4n) is 2.13. The van der Waals surface area contributed by atoms with Crippen LogP contribution in [0.4, 0.5) is 4.79 Å². The molecule has 1 saturated heterocycles.